The molecule has 0 saturated carbocycles. The Morgan fingerprint density at radius 1 is 1.30 bits per heavy atom. The fourth-order valence-corrected chi connectivity index (χ4v) is 3.31. The van der Waals surface area contributed by atoms with Crippen molar-refractivity contribution in [3.63, 3.8) is 0 Å². The number of methoxy groups -OCH3 is 2. The summed E-state index contributed by atoms with van der Waals surface area (Å²) in [4.78, 5) is 2.49. The Morgan fingerprint density at radius 2 is 2.05 bits per heavy atom. The topological polar surface area (TPSA) is 47.7 Å². The van der Waals surface area contributed by atoms with Crippen LogP contribution in [0.3, 0.4) is 0 Å². The minimum Gasteiger partial charge on any atom is -0.497 e. The van der Waals surface area contributed by atoms with E-state index in [-0.39, 0.29) is 6.04 Å². The molecule has 1 aromatic carbocycles. The Morgan fingerprint density at radius 3 is 2.55 bits per heavy atom. The lowest BCUT2D eigenvalue weighted by Crippen LogP contribution is -2.36. The molecule has 2 rings (SSSR count). The first-order valence-corrected chi connectivity index (χ1v) is 7.28. The largest absolute Gasteiger partial charge is 0.497 e. The van der Waals surface area contributed by atoms with E-state index in [1.807, 2.05) is 18.2 Å². The summed E-state index contributed by atoms with van der Waals surface area (Å²) in [6.45, 7) is 6.25. The molecule has 112 valence electrons. The zero-order chi connectivity index (χ0) is 14.7. The molecule has 0 aliphatic carbocycles. The predicted molar refractivity (Wildman–Crippen MR) is 81.3 cm³/mol. The molecular formula is C16H26N2O2. The van der Waals surface area contributed by atoms with Crippen LogP contribution in [0.5, 0.6) is 11.5 Å². The van der Waals surface area contributed by atoms with E-state index in [0.717, 1.165) is 29.5 Å². The van der Waals surface area contributed by atoms with Crippen LogP contribution in [-0.2, 0) is 0 Å². The van der Waals surface area contributed by atoms with Crippen LogP contribution < -0.4 is 15.2 Å². The Bertz CT molecular complexity index is 450. The molecule has 3 unspecified atom stereocenters. The van der Waals surface area contributed by atoms with Crippen LogP contribution in [0.2, 0.25) is 0 Å². The third kappa shape index (κ3) is 2.91. The van der Waals surface area contributed by atoms with Crippen LogP contribution in [0.4, 0.5) is 0 Å². The van der Waals surface area contributed by atoms with E-state index in [0.29, 0.717) is 12.6 Å². The van der Waals surface area contributed by atoms with Crippen molar-refractivity contribution in [3.8, 4) is 11.5 Å². The van der Waals surface area contributed by atoms with E-state index in [4.69, 9.17) is 15.2 Å². The molecule has 0 radical (unpaired) electrons. The molecule has 1 aliphatic rings. The number of rotatable bonds is 5. The van der Waals surface area contributed by atoms with E-state index >= 15 is 0 Å². The molecule has 4 nitrogen and oxygen atoms in total. The SMILES string of the molecule is COc1ccc(OC)c(C(CN)N2CC(C)CC2C)c1. The number of nitrogens with two attached hydrogens (primary N) is 1. The average molecular weight is 278 g/mol. The van der Waals surface area contributed by atoms with Crippen molar-refractivity contribution in [1.82, 2.24) is 4.90 Å². The summed E-state index contributed by atoms with van der Waals surface area (Å²) in [6, 6.07) is 6.66. The number of likely N-dealkylation sites (tertiary alicyclic amines) is 1. The molecule has 1 saturated heterocycles. The summed E-state index contributed by atoms with van der Waals surface area (Å²) in [5.74, 6) is 2.45. The molecule has 0 spiro atoms. The maximum Gasteiger partial charge on any atom is 0.123 e. The normalized spacial score (nSPS) is 24.6. The number of ether oxygens (including phenoxy) is 2. The summed E-state index contributed by atoms with van der Waals surface area (Å²) in [7, 11) is 3.39. The maximum atomic E-state index is 6.07. The van der Waals surface area contributed by atoms with Crippen molar-refractivity contribution in [2.45, 2.75) is 32.4 Å². The third-order valence-corrected chi connectivity index (χ3v) is 4.25. The molecule has 2 N–H and O–H groups in total. The molecule has 0 bridgehead atoms. The zero-order valence-corrected chi connectivity index (χ0v) is 12.9. The van der Waals surface area contributed by atoms with E-state index in [1.165, 1.54) is 6.42 Å². The molecule has 0 amide bonds. The summed E-state index contributed by atoms with van der Waals surface area (Å²) < 4.78 is 10.9. The van der Waals surface area contributed by atoms with Gasteiger partial charge in [0.1, 0.15) is 11.5 Å². The van der Waals surface area contributed by atoms with Crippen LogP contribution >= 0.6 is 0 Å². The highest BCUT2D eigenvalue weighted by molar-refractivity contribution is 5.42. The Hall–Kier alpha value is -1.26. The van der Waals surface area contributed by atoms with Crippen LogP contribution in [0.1, 0.15) is 31.9 Å². The molecule has 1 fully saturated rings. The molecular weight excluding hydrogens is 252 g/mol. The van der Waals surface area contributed by atoms with Gasteiger partial charge >= 0.3 is 0 Å². The van der Waals surface area contributed by atoms with Gasteiger partial charge in [0, 0.05) is 24.7 Å². The predicted octanol–water partition coefficient (Wildman–Crippen LogP) is 2.43. The van der Waals surface area contributed by atoms with E-state index < -0.39 is 0 Å². The van der Waals surface area contributed by atoms with Crippen LogP contribution in [0, 0.1) is 5.92 Å². The second-order valence-corrected chi connectivity index (χ2v) is 5.75. The van der Waals surface area contributed by atoms with Crippen molar-refractivity contribution in [3.05, 3.63) is 23.8 Å². The van der Waals surface area contributed by atoms with E-state index in [9.17, 15) is 0 Å². The van der Waals surface area contributed by atoms with Crippen molar-refractivity contribution < 1.29 is 9.47 Å². The van der Waals surface area contributed by atoms with Crippen LogP contribution in [0.25, 0.3) is 0 Å². The molecule has 1 aromatic rings. The lowest BCUT2D eigenvalue weighted by Gasteiger charge is -2.32. The fourth-order valence-electron chi connectivity index (χ4n) is 3.31. The van der Waals surface area contributed by atoms with Gasteiger partial charge in [0.15, 0.2) is 0 Å². The zero-order valence-electron chi connectivity index (χ0n) is 12.9. The Kier molecular flexibility index (Phi) is 4.89. The molecule has 0 aromatic heterocycles. The van der Waals surface area contributed by atoms with Gasteiger partial charge in [-0.15, -0.1) is 0 Å². The standard InChI is InChI=1S/C16H26N2O2/c1-11-7-12(2)18(10-11)15(9-17)14-8-13(19-3)5-6-16(14)20-4/h5-6,8,11-12,15H,7,9-10,17H2,1-4H3. The van der Waals surface area contributed by atoms with Gasteiger partial charge in [-0.1, -0.05) is 6.92 Å². The van der Waals surface area contributed by atoms with Gasteiger partial charge in [-0.05, 0) is 37.5 Å². The van der Waals surface area contributed by atoms with Gasteiger partial charge < -0.3 is 15.2 Å². The molecule has 4 heteroatoms. The van der Waals surface area contributed by atoms with Gasteiger partial charge in [-0.3, -0.25) is 4.90 Å². The second kappa shape index (κ2) is 6.46. The van der Waals surface area contributed by atoms with E-state index in [2.05, 4.69) is 18.7 Å². The number of hydrogen-bond donors (Lipinski definition) is 1. The molecule has 3 atom stereocenters. The van der Waals surface area contributed by atoms with Gasteiger partial charge in [0.2, 0.25) is 0 Å². The maximum absolute atomic E-state index is 6.07. The fraction of sp³-hybridized carbons (Fsp3) is 0.625. The van der Waals surface area contributed by atoms with Gasteiger partial charge in [-0.25, -0.2) is 0 Å². The van der Waals surface area contributed by atoms with Crippen molar-refractivity contribution in [2.75, 3.05) is 27.3 Å². The number of hydrogen-bond acceptors (Lipinski definition) is 4. The van der Waals surface area contributed by atoms with Crippen molar-refractivity contribution in [1.29, 1.82) is 0 Å². The summed E-state index contributed by atoms with van der Waals surface area (Å²) in [6.07, 6.45) is 1.22. The van der Waals surface area contributed by atoms with Crippen molar-refractivity contribution >= 4 is 0 Å². The highest BCUT2D eigenvalue weighted by atomic mass is 16.5. The lowest BCUT2D eigenvalue weighted by molar-refractivity contribution is 0.188. The highest BCUT2D eigenvalue weighted by Crippen LogP contribution is 2.37. The first kappa shape index (κ1) is 15.1. The quantitative estimate of drug-likeness (QED) is 0.898. The first-order chi connectivity index (χ1) is 9.60. The third-order valence-electron chi connectivity index (χ3n) is 4.25. The summed E-state index contributed by atoms with van der Waals surface area (Å²) in [5, 5.41) is 0. The summed E-state index contributed by atoms with van der Waals surface area (Å²) >= 11 is 0. The second-order valence-electron chi connectivity index (χ2n) is 5.75. The van der Waals surface area contributed by atoms with Gasteiger partial charge in [-0.2, -0.15) is 0 Å². The Labute approximate surface area is 121 Å². The van der Waals surface area contributed by atoms with E-state index in [1.54, 1.807) is 14.2 Å². The van der Waals surface area contributed by atoms with Crippen LogP contribution in [-0.4, -0.2) is 38.3 Å². The first-order valence-electron chi connectivity index (χ1n) is 7.28. The van der Waals surface area contributed by atoms with Crippen LogP contribution in [0.15, 0.2) is 18.2 Å². The van der Waals surface area contributed by atoms with Gasteiger partial charge in [0.25, 0.3) is 0 Å². The van der Waals surface area contributed by atoms with Crippen molar-refractivity contribution in [2.24, 2.45) is 11.7 Å². The smallest absolute Gasteiger partial charge is 0.123 e. The minimum atomic E-state index is 0.181. The lowest BCUT2D eigenvalue weighted by atomic mass is 10.0. The average Bonchev–Trinajstić information content (AvgIpc) is 2.78. The monoisotopic (exact) mass is 278 g/mol. The Balaban J connectivity index is 2.35. The molecule has 1 aliphatic heterocycles. The van der Waals surface area contributed by atoms with Gasteiger partial charge in [0.05, 0.1) is 20.3 Å². The minimum absolute atomic E-state index is 0.181. The number of nitrogens with zero attached hydrogens (tertiary/aromatic N) is 1. The molecule has 20 heavy (non-hydrogen) atoms. The molecule has 1 heterocycles. The summed E-state index contributed by atoms with van der Waals surface area (Å²) in [5.41, 5.74) is 7.19. The highest BCUT2D eigenvalue weighted by Gasteiger charge is 2.33. The number of benzene rings is 1.